The first-order valence-corrected chi connectivity index (χ1v) is 6.28. The number of piperidine rings is 1. The molecule has 86 valence electrons. The van der Waals surface area contributed by atoms with Gasteiger partial charge in [0.2, 0.25) is 0 Å². The molecule has 0 aromatic rings. The number of nitrogens with zero attached hydrogens (tertiary/aromatic N) is 1. The summed E-state index contributed by atoms with van der Waals surface area (Å²) in [5, 5.41) is 3.06. The number of urea groups is 1. The van der Waals surface area contributed by atoms with Crippen molar-refractivity contribution in [3.63, 3.8) is 0 Å². The van der Waals surface area contributed by atoms with E-state index in [1.807, 2.05) is 4.90 Å². The van der Waals surface area contributed by atoms with Crippen molar-refractivity contribution in [1.82, 2.24) is 10.2 Å². The van der Waals surface area contributed by atoms with E-state index in [4.69, 9.17) is 0 Å². The molecule has 2 fully saturated rings. The van der Waals surface area contributed by atoms with E-state index < -0.39 is 0 Å². The second-order valence-electron chi connectivity index (χ2n) is 5.15. The van der Waals surface area contributed by atoms with E-state index >= 15 is 0 Å². The molecular weight excluding hydrogens is 188 g/mol. The van der Waals surface area contributed by atoms with Crippen LogP contribution in [-0.4, -0.2) is 30.6 Å². The average molecular weight is 210 g/mol. The standard InChI is InChI=1S/C12H22N2O/c1-10-5-7-14(8-6-10)12(15)13-9-11-3-2-4-11/h10-11H,2-9H2,1H3,(H,13,15). The van der Waals surface area contributed by atoms with Crippen LogP contribution in [0.2, 0.25) is 0 Å². The van der Waals surface area contributed by atoms with E-state index in [2.05, 4.69) is 12.2 Å². The van der Waals surface area contributed by atoms with Gasteiger partial charge in [-0.1, -0.05) is 13.3 Å². The van der Waals surface area contributed by atoms with Gasteiger partial charge in [-0.2, -0.15) is 0 Å². The molecule has 0 radical (unpaired) electrons. The monoisotopic (exact) mass is 210 g/mol. The van der Waals surface area contributed by atoms with Crippen LogP contribution < -0.4 is 5.32 Å². The van der Waals surface area contributed by atoms with Crippen molar-refractivity contribution < 1.29 is 4.79 Å². The number of nitrogens with one attached hydrogen (secondary N) is 1. The third-order valence-electron chi connectivity index (χ3n) is 3.84. The number of carbonyl (C=O) groups excluding carboxylic acids is 1. The van der Waals surface area contributed by atoms with Gasteiger partial charge in [0.15, 0.2) is 0 Å². The van der Waals surface area contributed by atoms with E-state index in [0.717, 1.165) is 44.3 Å². The molecule has 3 heteroatoms. The summed E-state index contributed by atoms with van der Waals surface area (Å²) < 4.78 is 0. The third-order valence-corrected chi connectivity index (χ3v) is 3.84. The molecule has 0 aromatic carbocycles. The van der Waals surface area contributed by atoms with Crippen LogP contribution in [0.3, 0.4) is 0 Å². The van der Waals surface area contributed by atoms with Crippen LogP contribution in [0.15, 0.2) is 0 Å². The molecule has 1 heterocycles. The topological polar surface area (TPSA) is 32.3 Å². The summed E-state index contributed by atoms with van der Waals surface area (Å²) in [5.41, 5.74) is 0. The molecule has 1 aliphatic heterocycles. The number of rotatable bonds is 2. The maximum absolute atomic E-state index is 11.8. The second kappa shape index (κ2) is 4.86. The van der Waals surface area contributed by atoms with E-state index in [-0.39, 0.29) is 6.03 Å². The number of likely N-dealkylation sites (tertiary alicyclic amines) is 1. The highest BCUT2D eigenvalue weighted by molar-refractivity contribution is 5.74. The molecule has 15 heavy (non-hydrogen) atoms. The Hall–Kier alpha value is -0.730. The Morgan fingerprint density at radius 3 is 2.47 bits per heavy atom. The molecule has 2 aliphatic rings. The zero-order valence-electron chi connectivity index (χ0n) is 9.67. The molecule has 2 rings (SSSR count). The lowest BCUT2D eigenvalue weighted by molar-refractivity contribution is 0.169. The van der Waals surface area contributed by atoms with Crippen LogP contribution in [0.1, 0.15) is 39.0 Å². The van der Waals surface area contributed by atoms with Gasteiger partial charge in [-0.3, -0.25) is 0 Å². The summed E-state index contributed by atoms with van der Waals surface area (Å²) in [4.78, 5) is 13.7. The average Bonchev–Trinajstić information content (AvgIpc) is 2.16. The van der Waals surface area contributed by atoms with Crippen LogP contribution in [0, 0.1) is 11.8 Å². The second-order valence-corrected chi connectivity index (χ2v) is 5.15. The van der Waals surface area contributed by atoms with Gasteiger partial charge >= 0.3 is 6.03 Å². The van der Waals surface area contributed by atoms with Crippen molar-refractivity contribution >= 4 is 6.03 Å². The first-order valence-electron chi connectivity index (χ1n) is 6.28. The van der Waals surface area contributed by atoms with Crippen molar-refractivity contribution in [2.45, 2.75) is 39.0 Å². The van der Waals surface area contributed by atoms with Gasteiger partial charge in [-0.05, 0) is 37.5 Å². The number of carbonyl (C=O) groups is 1. The molecule has 1 saturated heterocycles. The van der Waals surface area contributed by atoms with Crippen LogP contribution in [0.5, 0.6) is 0 Å². The molecule has 1 N–H and O–H groups in total. The van der Waals surface area contributed by atoms with Gasteiger partial charge < -0.3 is 10.2 Å². The largest absolute Gasteiger partial charge is 0.338 e. The minimum atomic E-state index is 0.161. The SMILES string of the molecule is CC1CCN(C(=O)NCC2CCC2)CC1. The van der Waals surface area contributed by atoms with Crippen LogP contribution in [0.25, 0.3) is 0 Å². The minimum absolute atomic E-state index is 0.161. The Morgan fingerprint density at radius 1 is 1.27 bits per heavy atom. The lowest BCUT2D eigenvalue weighted by Crippen LogP contribution is -2.45. The zero-order valence-corrected chi connectivity index (χ0v) is 9.67. The lowest BCUT2D eigenvalue weighted by atomic mass is 9.85. The zero-order chi connectivity index (χ0) is 10.7. The molecule has 2 amide bonds. The lowest BCUT2D eigenvalue weighted by Gasteiger charge is -2.32. The number of hydrogen-bond acceptors (Lipinski definition) is 1. The minimum Gasteiger partial charge on any atom is -0.338 e. The van der Waals surface area contributed by atoms with E-state index in [0.29, 0.717) is 0 Å². The summed E-state index contributed by atoms with van der Waals surface area (Å²) in [6.45, 7) is 5.05. The Balaban J connectivity index is 1.66. The normalized spacial score (nSPS) is 23.7. The van der Waals surface area contributed by atoms with Crippen LogP contribution >= 0.6 is 0 Å². The van der Waals surface area contributed by atoms with Gasteiger partial charge in [0.1, 0.15) is 0 Å². The van der Waals surface area contributed by atoms with Crippen molar-refractivity contribution in [3.05, 3.63) is 0 Å². The van der Waals surface area contributed by atoms with Gasteiger partial charge in [-0.15, -0.1) is 0 Å². The van der Waals surface area contributed by atoms with Gasteiger partial charge in [0.25, 0.3) is 0 Å². The third kappa shape index (κ3) is 2.86. The van der Waals surface area contributed by atoms with Crippen molar-refractivity contribution in [2.75, 3.05) is 19.6 Å². The molecule has 1 aliphatic carbocycles. The number of hydrogen-bond donors (Lipinski definition) is 1. The molecule has 0 unspecified atom stereocenters. The molecule has 3 nitrogen and oxygen atoms in total. The van der Waals surface area contributed by atoms with Crippen molar-refractivity contribution in [2.24, 2.45) is 11.8 Å². The summed E-state index contributed by atoms with van der Waals surface area (Å²) >= 11 is 0. The Kier molecular flexibility index (Phi) is 3.49. The summed E-state index contributed by atoms with van der Waals surface area (Å²) in [6, 6.07) is 0.161. The highest BCUT2D eigenvalue weighted by atomic mass is 16.2. The predicted molar refractivity (Wildman–Crippen MR) is 60.7 cm³/mol. The van der Waals surface area contributed by atoms with Gasteiger partial charge in [0.05, 0.1) is 0 Å². The van der Waals surface area contributed by atoms with Crippen molar-refractivity contribution in [3.8, 4) is 0 Å². The van der Waals surface area contributed by atoms with E-state index in [1.54, 1.807) is 0 Å². The number of amides is 2. The molecule has 0 bridgehead atoms. The van der Waals surface area contributed by atoms with Crippen LogP contribution in [-0.2, 0) is 0 Å². The molecular formula is C12H22N2O. The quantitative estimate of drug-likeness (QED) is 0.744. The molecule has 1 saturated carbocycles. The Bertz CT molecular complexity index is 218. The fourth-order valence-corrected chi connectivity index (χ4v) is 2.25. The molecule has 0 spiro atoms. The van der Waals surface area contributed by atoms with Gasteiger partial charge in [0, 0.05) is 19.6 Å². The summed E-state index contributed by atoms with van der Waals surface area (Å²) in [6.07, 6.45) is 6.28. The van der Waals surface area contributed by atoms with Gasteiger partial charge in [-0.25, -0.2) is 4.79 Å². The fraction of sp³-hybridized carbons (Fsp3) is 0.917. The smallest absolute Gasteiger partial charge is 0.317 e. The maximum Gasteiger partial charge on any atom is 0.317 e. The first kappa shape index (κ1) is 10.8. The Labute approximate surface area is 92.2 Å². The molecule has 0 aromatic heterocycles. The Morgan fingerprint density at radius 2 is 1.93 bits per heavy atom. The predicted octanol–water partition coefficient (Wildman–Crippen LogP) is 2.23. The van der Waals surface area contributed by atoms with Crippen molar-refractivity contribution in [1.29, 1.82) is 0 Å². The van der Waals surface area contributed by atoms with Crippen LogP contribution in [0.4, 0.5) is 4.79 Å². The van der Waals surface area contributed by atoms with E-state index in [9.17, 15) is 4.79 Å². The maximum atomic E-state index is 11.8. The van der Waals surface area contributed by atoms with E-state index in [1.165, 1.54) is 19.3 Å². The highest BCUT2D eigenvalue weighted by Crippen LogP contribution is 2.25. The first-order chi connectivity index (χ1) is 7.25. The molecule has 0 atom stereocenters. The fourth-order valence-electron chi connectivity index (χ4n) is 2.25. The highest BCUT2D eigenvalue weighted by Gasteiger charge is 2.22. The summed E-state index contributed by atoms with van der Waals surface area (Å²) in [5.74, 6) is 1.55. The summed E-state index contributed by atoms with van der Waals surface area (Å²) in [7, 11) is 0.